The molecular weight excluding hydrogens is 382 g/mol. The predicted octanol–water partition coefficient (Wildman–Crippen LogP) is 2.99. The fourth-order valence-electron chi connectivity index (χ4n) is 3.02. The van der Waals surface area contributed by atoms with Gasteiger partial charge in [-0.3, -0.25) is 10.1 Å². The SMILES string of the molecule is O=C(/C=C/c1ccc2c(c1)OCCO2)OCc1cc([N+](=O)[O-])cc2c1OCOC2. The summed E-state index contributed by atoms with van der Waals surface area (Å²) in [6, 6.07) is 8.06. The zero-order chi connectivity index (χ0) is 20.2. The zero-order valence-electron chi connectivity index (χ0n) is 15.3. The van der Waals surface area contributed by atoms with E-state index in [9.17, 15) is 14.9 Å². The average molecular weight is 399 g/mol. The standard InChI is InChI=1S/C20H17NO8/c22-19(4-2-13-1-3-17-18(7-13)27-6-5-26-17)28-11-15-9-16(21(23)24)8-14-10-25-12-29-20(14)15/h1-4,7-9H,5-6,10-12H2/b4-2+. The lowest BCUT2D eigenvalue weighted by Crippen LogP contribution is -2.15. The van der Waals surface area contributed by atoms with Gasteiger partial charge in [0.25, 0.3) is 5.69 Å². The van der Waals surface area contributed by atoms with Crippen molar-refractivity contribution in [3.8, 4) is 17.2 Å². The van der Waals surface area contributed by atoms with E-state index >= 15 is 0 Å². The van der Waals surface area contributed by atoms with E-state index in [1.165, 1.54) is 18.2 Å². The Bertz CT molecular complexity index is 985. The zero-order valence-corrected chi connectivity index (χ0v) is 15.3. The third kappa shape index (κ3) is 4.30. The van der Waals surface area contributed by atoms with Crippen LogP contribution in [0.3, 0.4) is 0 Å². The van der Waals surface area contributed by atoms with E-state index in [1.54, 1.807) is 24.3 Å². The summed E-state index contributed by atoms with van der Waals surface area (Å²) < 4.78 is 26.8. The number of non-ortho nitro benzene ring substituents is 1. The lowest BCUT2D eigenvalue weighted by atomic mass is 10.1. The number of hydrogen-bond donors (Lipinski definition) is 0. The molecule has 0 aromatic heterocycles. The van der Waals surface area contributed by atoms with E-state index in [-0.39, 0.29) is 25.7 Å². The molecule has 4 rings (SSSR count). The molecular formula is C20H17NO8. The van der Waals surface area contributed by atoms with E-state index in [1.807, 2.05) is 0 Å². The number of fused-ring (bicyclic) bond motifs is 2. The Kier molecular flexibility index (Phi) is 5.30. The summed E-state index contributed by atoms with van der Waals surface area (Å²) in [5, 5.41) is 11.1. The van der Waals surface area contributed by atoms with Gasteiger partial charge in [0.2, 0.25) is 0 Å². The maximum absolute atomic E-state index is 12.1. The van der Waals surface area contributed by atoms with Gasteiger partial charge in [-0.05, 0) is 23.8 Å². The first kappa shape index (κ1) is 18.8. The van der Waals surface area contributed by atoms with E-state index in [0.717, 1.165) is 5.56 Å². The highest BCUT2D eigenvalue weighted by molar-refractivity contribution is 5.87. The third-order valence-electron chi connectivity index (χ3n) is 4.33. The van der Waals surface area contributed by atoms with Gasteiger partial charge >= 0.3 is 5.97 Å². The van der Waals surface area contributed by atoms with Gasteiger partial charge in [0.15, 0.2) is 18.3 Å². The molecule has 0 spiro atoms. The molecule has 0 N–H and O–H groups in total. The number of ether oxygens (including phenoxy) is 5. The van der Waals surface area contributed by atoms with Crippen LogP contribution in [0.1, 0.15) is 16.7 Å². The first-order chi connectivity index (χ1) is 14.1. The van der Waals surface area contributed by atoms with Gasteiger partial charge in [-0.15, -0.1) is 0 Å². The summed E-state index contributed by atoms with van der Waals surface area (Å²) in [6.07, 6.45) is 2.87. The van der Waals surface area contributed by atoms with Gasteiger partial charge in [0, 0.05) is 29.3 Å². The van der Waals surface area contributed by atoms with Crippen LogP contribution in [-0.2, 0) is 27.5 Å². The lowest BCUT2D eigenvalue weighted by molar-refractivity contribution is -0.385. The van der Waals surface area contributed by atoms with Crippen LogP contribution in [0.4, 0.5) is 5.69 Å². The van der Waals surface area contributed by atoms with Crippen LogP contribution in [0.25, 0.3) is 6.08 Å². The van der Waals surface area contributed by atoms with Crippen LogP contribution in [0.15, 0.2) is 36.4 Å². The molecule has 0 unspecified atom stereocenters. The molecule has 0 atom stereocenters. The van der Waals surface area contributed by atoms with Crippen LogP contribution in [0.5, 0.6) is 17.2 Å². The number of benzene rings is 2. The summed E-state index contributed by atoms with van der Waals surface area (Å²) in [5.74, 6) is 1.14. The normalized spacial score (nSPS) is 14.8. The van der Waals surface area contributed by atoms with Crippen molar-refractivity contribution in [2.24, 2.45) is 0 Å². The number of carbonyl (C=O) groups is 1. The fourth-order valence-corrected chi connectivity index (χ4v) is 3.02. The molecule has 2 heterocycles. The third-order valence-corrected chi connectivity index (χ3v) is 4.33. The minimum absolute atomic E-state index is 0.0375. The number of rotatable bonds is 5. The first-order valence-electron chi connectivity index (χ1n) is 8.85. The van der Waals surface area contributed by atoms with Crippen molar-refractivity contribution in [3.05, 3.63) is 63.2 Å². The second kappa shape index (κ2) is 8.19. The topological polar surface area (TPSA) is 106 Å². The highest BCUT2D eigenvalue weighted by Gasteiger charge is 2.21. The number of carbonyl (C=O) groups excluding carboxylic acids is 1. The van der Waals surface area contributed by atoms with Crippen molar-refractivity contribution in [1.29, 1.82) is 0 Å². The molecule has 29 heavy (non-hydrogen) atoms. The van der Waals surface area contributed by atoms with Gasteiger partial charge in [-0.2, -0.15) is 0 Å². The molecule has 2 aliphatic rings. The van der Waals surface area contributed by atoms with Gasteiger partial charge < -0.3 is 23.7 Å². The molecule has 0 saturated heterocycles. The van der Waals surface area contributed by atoms with Gasteiger partial charge in [-0.25, -0.2) is 4.79 Å². The Labute approximate surface area is 165 Å². The fraction of sp³-hybridized carbons (Fsp3) is 0.250. The van der Waals surface area contributed by atoms with Crippen molar-refractivity contribution in [1.82, 2.24) is 0 Å². The molecule has 0 aliphatic carbocycles. The Balaban J connectivity index is 1.44. The molecule has 2 aliphatic heterocycles. The van der Waals surface area contributed by atoms with Gasteiger partial charge in [0.1, 0.15) is 25.6 Å². The number of nitro benzene ring substituents is 1. The number of hydrogen-bond acceptors (Lipinski definition) is 8. The van der Waals surface area contributed by atoms with Crippen molar-refractivity contribution in [2.75, 3.05) is 20.0 Å². The second-order valence-corrected chi connectivity index (χ2v) is 6.31. The predicted molar refractivity (Wildman–Crippen MR) is 99.6 cm³/mol. The second-order valence-electron chi connectivity index (χ2n) is 6.31. The highest BCUT2D eigenvalue weighted by atomic mass is 16.7. The molecule has 150 valence electrons. The number of esters is 1. The molecule has 0 bridgehead atoms. The van der Waals surface area contributed by atoms with Crippen LogP contribution < -0.4 is 14.2 Å². The monoisotopic (exact) mass is 399 g/mol. The maximum Gasteiger partial charge on any atom is 0.331 e. The summed E-state index contributed by atoms with van der Waals surface area (Å²) in [5.41, 5.74) is 1.59. The van der Waals surface area contributed by atoms with Crippen molar-refractivity contribution >= 4 is 17.7 Å². The Morgan fingerprint density at radius 2 is 1.97 bits per heavy atom. The summed E-state index contributed by atoms with van der Waals surface area (Å²) in [6.45, 7) is 1.06. The molecule has 9 heteroatoms. The largest absolute Gasteiger partial charge is 0.486 e. The van der Waals surface area contributed by atoms with Crippen molar-refractivity contribution < 1.29 is 33.4 Å². The first-order valence-corrected chi connectivity index (χ1v) is 8.85. The van der Waals surface area contributed by atoms with E-state index in [0.29, 0.717) is 41.6 Å². The Morgan fingerprint density at radius 3 is 2.79 bits per heavy atom. The quantitative estimate of drug-likeness (QED) is 0.327. The highest BCUT2D eigenvalue weighted by Crippen LogP contribution is 2.33. The number of nitrogens with zero attached hydrogens (tertiary/aromatic N) is 1. The van der Waals surface area contributed by atoms with Crippen LogP contribution in [-0.4, -0.2) is 30.9 Å². The van der Waals surface area contributed by atoms with Crippen LogP contribution >= 0.6 is 0 Å². The molecule has 2 aromatic carbocycles. The van der Waals surface area contributed by atoms with Crippen LogP contribution in [0, 0.1) is 10.1 Å². The van der Waals surface area contributed by atoms with Crippen molar-refractivity contribution in [3.63, 3.8) is 0 Å². The Morgan fingerprint density at radius 1 is 1.14 bits per heavy atom. The minimum Gasteiger partial charge on any atom is -0.486 e. The smallest absolute Gasteiger partial charge is 0.331 e. The van der Waals surface area contributed by atoms with E-state index in [4.69, 9.17) is 23.7 Å². The molecule has 0 fully saturated rings. The number of nitro groups is 1. The van der Waals surface area contributed by atoms with Crippen LogP contribution in [0.2, 0.25) is 0 Å². The minimum atomic E-state index is -0.591. The van der Waals surface area contributed by atoms with E-state index < -0.39 is 10.9 Å². The summed E-state index contributed by atoms with van der Waals surface area (Å²) in [4.78, 5) is 22.7. The molecule has 0 saturated carbocycles. The summed E-state index contributed by atoms with van der Waals surface area (Å²) >= 11 is 0. The van der Waals surface area contributed by atoms with E-state index in [2.05, 4.69) is 0 Å². The Hall–Kier alpha value is -3.59. The maximum atomic E-state index is 12.1. The summed E-state index contributed by atoms with van der Waals surface area (Å²) in [7, 11) is 0. The average Bonchev–Trinajstić information content (AvgIpc) is 2.75. The molecule has 2 aromatic rings. The molecule has 9 nitrogen and oxygen atoms in total. The lowest BCUT2D eigenvalue weighted by Gasteiger charge is -2.20. The molecule has 0 radical (unpaired) electrons. The van der Waals surface area contributed by atoms with Gasteiger partial charge in [0.05, 0.1) is 11.5 Å². The van der Waals surface area contributed by atoms with Crippen molar-refractivity contribution in [2.45, 2.75) is 13.2 Å². The van der Waals surface area contributed by atoms with Gasteiger partial charge in [-0.1, -0.05) is 6.07 Å². The molecule has 0 amide bonds.